The van der Waals surface area contributed by atoms with Gasteiger partial charge >= 0.3 is 17.9 Å². The van der Waals surface area contributed by atoms with Crippen molar-refractivity contribution in [2.45, 2.75) is 109 Å². The predicted octanol–water partition coefficient (Wildman–Crippen LogP) is 8.69. The van der Waals surface area contributed by atoms with Crippen LogP contribution in [0.1, 0.15) is 89.7 Å². The second-order valence-electron chi connectivity index (χ2n) is 20.1. The third kappa shape index (κ3) is 18.3. The highest BCUT2D eigenvalue weighted by atomic mass is 19.1. The molecule has 83 heavy (non-hydrogen) atoms. The summed E-state index contributed by atoms with van der Waals surface area (Å²) >= 11 is 0. The minimum atomic E-state index is -1.04. The van der Waals surface area contributed by atoms with Crippen LogP contribution in [-0.4, -0.2) is 116 Å². The second-order valence-corrected chi connectivity index (χ2v) is 20.1. The minimum Gasteiger partial charge on any atom is -0.503 e. The lowest BCUT2D eigenvalue weighted by Gasteiger charge is -2.31. The summed E-state index contributed by atoms with van der Waals surface area (Å²) in [7, 11) is 2.75. The molecule has 4 heterocycles. The molecule has 2 aliphatic heterocycles. The molecule has 0 unspecified atom stereocenters. The molecule has 0 spiro atoms. The summed E-state index contributed by atoms with van der Waals surface area (Å²) in [6.07, 6.45) is 5.26. The van der Waals surface area contributed by atoms with E-state index in [2.05, 4.69) is 44.9 Å². The number of halogens is 2. The van der Waals surface area contributed by atoms with E-state index in [1.54, 1.807) is 31.2 Å². The summed E-state index contributed by atoms with van der Waals surface area (Å²) in [5, 5.41) is 15.6. The largest absolute Gasteiger partial charge is 0.503 e. The van der Waals surface area contributed by atoms with Crippen molar-refractivity contribution in [3.8, 4) is 23.0 Å². The van der Waals surface area contributed by atoms with Gasteiger partial charge in [0.15, 0.2) is 34.4 Å². The number of hydrogen-bond acceptors (Lipinski definition) is 16. The molecular formula is C63H70F2N4O14. The van der Waals surface area contributed by atoms with Gasteiger partial charge in [-0.1, -0.05) is 84.9 Å². The van der Waals surface area contributed by atoms with Crippen LogP contribution < -0.4 is 24.8 Å². The molecule has 440 valence electrons. The van der Waals surface area contributed by atoms with E-state index < -0.39 is 66.6 Å². The Labute approximate surface area is 481 Å². The van der Waals surface area contributed by atoms with Gasteiger partial charge in [0.2, 0.25) is 6.79 Å². The SMILES string of the molecule is COc1ccnc(C(=O)N[C@H]2CCO[C@H](CCc3ccccc3)[C@@H](Cc3ccc(F)cc3)[C@H](C)OC2=O)c1O.COc1ccnc(C(=O)N[C@H]2CCO[C@H](CCc3ccccc3)[C@@H](Cc3ccc(F)cc3)[C@H](C)OC2=O)c1OCOC(C)=O. The van der Waals surface area contributed by atoms with E-state index in [1.165, 1.54) is 75.5 Å². The smallest absolute Gasteiger partial charge is 0.329 e. The molecule has 18 nitrogen and oxygen atoms in total. The maximum atomic E-state index is 13.6. The standard InChI is InChI=1S/C33H37FN2O8.C30H33FN2O6/c1-21-26(19-24-9-12-25(34)13-10-24)28(14-11-23-7-5-4-6-8-23)41-18-16-27(33(39)44-21)36-32(38)30-31(43-20-42-22(2)37)29(40-3)15-17-35-30;1-19-23(18-21-8-11-22(31)12-9-21)25(13-10-20-6-4-3-5-7-20)38-17-15-24(30(36)39-19)33-29(35)27-28(34)26(37-2)14-16-32-27/h4-10,12-13,15,17,21,26-28H,11,14,16,18-20H2,1-3H3,(H,36,38);3-9,11-12,14,16,19,23-25,34H,10,13,15,17-18H2,1-2H3,(H,33,35)/t21-,26-,27-,28+;19-,23-,24-,25+/m00/s1. The van der Waals surface area contributed by atoms with Gasteiger partial charge in [0.05, 0.1) is 26.4 Å². The zero-order valence-corrected chi connectivity index (χ0v) is 47.0. The van der Waals surface area contributed by atoms with Gasteiger partial charge < -0.3 is 53.6 Å². The summed E-state index contributed by atoms with van der Waals surface area (Å²) in [6, 6.07) is 33.5. The van der Waals surface area contributed by atoms with Crippen molar-refractivity contribution in [3.63, 3.8) is 0 Å². The molecule has 6 aromatic rings. The number of cyclic esters (lactones) is 2. The summed E-state index contributed by atoms with van der Waals surface area (Å²) in [6.45, 7) is 4.75. The van der Waals surface area contributed by atoms with Crippen molar-refractivity contribution in [2.24, 2.45) is 11.8 Å². The zero-order chi connectivity index (χ0) is 59.3. The first-order chi connectivity index (χ1) is 40.1. The fraction of sp³-hybridized carbons (Fsp3) is 0.381. The van der Waals surface area contributed by atoms with E-state index in [0.29, 0.717) is 25.7 Å². The van der Waals surface area contributed by atoms with Gasteiger partial charge in [-0.15, -0.1) is 0 Å². The van der Waals surface area contributed by atoms with Crippen LogP contribution in [-0.2, 0) is 63.8 Å². The van der Waals surface area contributed by atoms with Crippen LogP contribution in [0.5, 0.6) is 23.0 Å². The number of nitrogens with one attached hydrogen (secondary N) is 2. The van der Waals surface area contributed by atoms with E-state index in [0.717, 1.165) is 29.5 Å². The first-order valence-corrected chi connectivity index (χ1v) is 27.4. The molecule has 0 bridgehead atoms. The lowest BCUT2D eigenvalue weighted by molar-refractivity contribution is -0.155. The molecule has 4 aromatic carbocycles. The Morgan fingerprint density at radius 1 is 0.602 bits per heavy atom. The van der Waals surface area contributed by atoms with Crippen molar-refractivity contribution >= 4 is 29.7 Å². The molecule has 20 heteroatoms. The van der Waals surface area contributed by atoms with Gasteiger partial charge in [-0.25, -0.2) is 28.3 Å². The van der Waals surface area contributed by atoms with Gasteiger partial charge in [0.1, 0.15) is 35.9 Å². The molecule has 2 aliphatic rings. The summed E-state index contributed by atoms with van der Waals surface area (Å²) in [5.41, 5.74) is 3.70. The molecule has 3 N–H and O–H groups in total. The van der Waals surface area contributed by atoms with Gasteiger partial charge in [-0.2, -0.15) is 0 Å². The van der Waals surface area contributed by atoms with Crippen LogP contribution in [0.2, 0.25) is 0 Å². The Balaban J connectivity index is 0.000000240. The molecule has 0 aliphatic carbocycles. The molecule has 2 amide bonds. The Morgan fingerprint density at radius 3 is 1.48 bits per heavy atom. The van der Waals surface area contributed by atoms with Crippen LogP contribution in [0, 0.1) is 23.5 Å². The zero-order valence-electron chi connectivity index (χ0n) is 47.0. The Morgan fingerprint density at radius 2 is 1.04 bits per heavy atom. The maximum absolute atomic E-state index is 13.6. The average molecular weight is 1150 g/mol. The fourth-order valence-corrected chi connectivity index (χ4v) is 9.90. The minimum absolute atomic E-state index is 0.0462. The molecule has 2 aromatic heterocycles. The third-order valence-corrected chi connectivity index (χ3v) is 14.4. The van der Waals surface area contributed by atoms with Crippen LogP contribution >= 0.6 is 0 Å². The number of pyridine rings is 2. The molecule has 8 atom stereocenters. The van der Waals surface area contributed by atoms with Crippen molar-refractivity contribution in [1.82, 2.24) is 20.6 Å². The van der Waals surface area contributed by atoms with Crippen molar-refractivity contribution in [3.05, 3.63) is 179 Å². The number of carbonyl (C=O) groups is 5. The highest BCUT2D eigenvalue weighted by molar-refractivity contribution is 5.98. The highest BCUT2D eigenvalue weighted by Crippen LogP contribution is 2.33. The van der Waals surface area contributed by atoms with E-state index in [1.807, 2.05) is 43.3 Å². The Bertz CT molecular complexity index is 3070. The Hall–Kier alpha value is -8.49. The van der Waals surface area contributed by atoms with Gasteiger partial charge in [-0.05, 0) is 98.9 Å². The number of rotatable bonds is 19. The van der Waals surface area contributed by atoms with Gasteiger partial charge in [-0.3, -0.25) is 14.4 Å². The highest BCUT2D eigenvalue weighted by Gasteiger charge is 2.38. The summed E-state index contributed by atoms with van der Waals surface area (Å²) < 4.78 is 72.4. The van der Waals surface area contributed by atoms with Crippen molar-refractivity contribution in [2.75, 3.05) is 34.2 Å². The fourth-order valence-electron chi connectivity index (χ4n) is 9.90. The number of carbonyl (C=O) groups excluding carboxylic acids is 5. The first kappa shape index (κ1) is 62.1. The lowest BCUT2D eigenvalue weighted by Crippen LogP contribution is -2.44. The normalized spacial score (nSPS) is 21.0. The molecular weight excluding hydrogens is 1070 g/mol. The second kappa shape index (κ2) is 31.1. The van der Waals surface area contributed by atoms with Crippen LogP contribution in [0.4, 0.5) is 8.78 Å². The number of ether oxygens (including phenoxy) is 8. The number of benzene rings is 4. The monoisotopic (exact) mass is 1140 g/mol. The molecule has 2 fully saturated rings. The van der Waals surface area contributed by atoms with E-state index in [9.17, 15) is 37.9 Å². The van der Waals surface area contributed by atoms with E-state index in [4.69, 9.17) is 37.9 Å². The predicted molar refractivity (Wildman–Crippen MR) is 300 cm³/mol. The maximum Gasteiger partial charge on any atom is 0.329 e. The van der Waals surface area contributed by atoms with Crippen molar-refractivity contribution < 1.29 is 75.8 Å². The van der Waals surface area contributed by atoms with Crippen LogP contribution in [0.3, 0.4) is 0 Å². The first-order valence-electron chi connectivity index (χ1n) is 27.4. The number of nitrogens with zero attached hydrogens (tertiary/aromatic N) is 2. The van der Waals surface area contributed by atoms with Gasteiger partial charge in [0.25, 0.3) is 11.8 Å². The summed E-state index contributed by atoms with van der Waals surface area (Å²) in [5.74, 6) is -4.50. The third-order valence-electron chi connectivity index (χ3n) is 14.4. The molecule has 8 rings (SSSR count). The van der Waals surface area contributed by atoms with Gasteiger partial charge in [0, 0.05) is 69.3 Å². The molecule has 0 saturated carbocycles. The van der Waals surface area contributed by atoms with Crippen LogP contribution in [0.25, 0.3) is 0 Å². The molecule has 2 saturated heterocycles. The number of methoxy groups -OCH3 is 2. The van der Waals surface area contributed by atoms with E-state index >= 15 is 0 Å². The number of hydrogen-bond donors (Lipinski definition) is 3. The summed E-state index contributed by atoms with van der Waals surface area (Å²) in [4.78, 5) is 72.1. The number of esters is 3. The lowest BCUT2D eigenvalue weighted by atomic mass is 9.86. The Kier molecular flexibility index (Phi) is 23.3. The number of amides is 2. The van der Waals surface area contributed by atoms with Crippen LogP contribution in [0.15, 0.2) is 134 Å². The number of aromatic nitrogens is 2. The number of aromatic hydroxyl groups is 1. The quantitative estimate of drug-likeness (QED) is 0.0391. The van der Waals surface area contributed by atoms with E-state index in [-0.39, 0.29) is 90.4 Å². The number of aryl methyl sites for hydroxylation is 2. The van der Waals surface area contributed by atoms with Crippen molar-refractivity contribution in [1.29, 1.82) is 0 Å². The topological polar surface area (TPSA) is 229 Å². The average Bonchev–Trinajstić information content (AvgIpc) is 3.70. The molecule has 0 radical (unpaired) electrons.